The molecule has 2 heterocycles. The van der Waals surface area contributed by atoms with Crippen LogP contribution in [0.3, 0.4) is 0 Å². The van der Waals surface area contributed by atoms with E-state index in [1.165, 1.54) is 0 Å². The number of hydrogen-bond acceptors (Lipinski definition) is 7. The minimum Gasteiger partial charge on any atom is -0.334 e. The molecule has 3 aromatic rings. The van der Waals surface area contributed by atoms with Crippen molar-refractivity contribution in [3.8, 4) is 0 Å². The highest BCUT2D eigenvalue weighted by Crippen LogP contribution is 2.18. The smallest absolute Gasteiger partial charge is 0.217 e. The van der Waals surface area contributed by atoms with Crippen LogP contribution in [0.4, 0.5) is 0 Å². The second kappa shape index (κ2) is 2.16. The van der Waals surface area contributed by atoms with E-state index >= 15 is 0 Å². The third-order valence-corrected chi connectivity index (χ3v) is 1.71. The van der Waals surface area contributed by atoms with Crippen LogP contribution in [0.1, 0.15) is 0 Å². The summed E-state index contributed by atoms with van der Waals surface area (Å²) in [5.74, 6) is 0. The molecule has 0 aliphatic carbocycles. The Bertz CT molecular complexity index is 575. The van der Waals surface area contributed by atoms with Crippen molar-refractivity contribution in [3.63, 3.8) is 0 Å². The number of aromatic nitrogens is 6. The first-order valence-corrected chi connectivity index (χ1v) is 3.52. The molecule has 0 spiro atoms. The summed E-state index contributed by atoms with van der Waals surface area (Å²) in [7, 11) is 0. The van der Waals surface area contributed by atoms with Gasteiger partial charge in [0.05, 0.1) is 0 Å². The predicted octanol–water partition coefficient (Wildman–Crippen LogP) is -0.0440. The van der Waals surface area contributed by atoms with E-state index in [-0.39, 0.29) is 0 Å². The predicted molar refractivity (Wildman–Crippen MR) is 40.5 cm³/mol. The number of hydrogen-bond donors (Lipinski definition) is 0. The molecule has 3 rings (SSSR count). The molecular formula is C6H2N6O. The molecule has 0 N–H and O–H groups in total. The summed E-state index contributed by atoms with van der Waals surface area (Å²) in [6, 6.07) is 3.48. The van der Waals surface area contributed by atoms with E-state index in [1.54, 1.807) is 12.1 Å². The lowest BCUT2D eigenvalue weighted by molar-refractivity contribution is 0.425. The van der Waals surface area contributed by atoms with Crippen molar-refractivity contribution in [3.05, 3.63) is 12.1 Å². The molecule has 0 unspecified atom stereocenters. The molecule has 1 aromatic carbocycles. The summed E-state index contributed by atoms with van der Waals surface area (Å²) in [5, 5.41) is 21.5. The van der Waals surface area contributed by atoms with Crippen LogP contribution in [-0.4, -0.2) is 31.0 Å². The molecule has 2 aromatic heterocycles. The summed E-state index contributed by atoms with van der Waals surface area (Å²) in [5.41, 5.74) is 2.26. The molecule has 7 heteroatoms. The maximum Gasteiger partial charge on any atom is 0.217 e. The maximum atomic E-state index is 4.90. The molecule has 0 amide bonds. The number of benzene rings is 1. The Morgan fingerprint density at radius 3 is 2.77 bits per heavy atom. The molecule has 0 saturated carbocycles. The van der Waals surface area contributed by atoms with Crippen molar-refractivity contribution in [1.29, 1.82) is 0 Å². The monoisotopic (exact) mass is 174 g/mol. The lowest BCUT2D eigenvalue weighted by Gasteiger charge is -1.89. The first kappa shape index (κ1) is 6.35. The van der Waals surface area contributed by atoms with Crippen molar-refractivity contribution in [2.75, 3.05) is 0 Å². The topological polar surface area (TPSA) is 90.5 Å². The SMILES string of the molecule is c1cc2nnoc2c2nnnnc12. The molecule has 62 valence electrons. The third kappa shape index (κ3) is 0.776. The van der Waals surface area contributed by atoms with Crippen LogP contribution in [0.15, 0.2) is 16.7 Å². The van der Waals surface area contributed by atoms with Crippen LogP contribution < -0.4 is 0 Å². The van der Waals surface area contributed by atoms with E-state index in [4.69, 9.17) is 4.52 Å². The minimum absolute atomic E-state index is 0.486. The van der Waals surface area contributed by atoms with Crippen molar-refractivity contribution in [1.82, 2.24) is 31.0 Å². The van der Waals surface area contributed by atoms with Crippen molar-refractivity contribution in [2.45, 2.75) is 0 Å². The molecule has 0 saturated heterocycles. The fourth-order valence-corrected chi connectivity index (χ4v) is 1.13. The lowest BCUT2D eigenvalue weighted by atomic mass is 10.3. The van der Waals surface area contributed by atoms with E-state index in [9.17, 15) is 0 Å². The van der Waals surface area contributed by atoms with Gasteiger partial charge in [0, 0.05) is 5.27 Å². The molecule has 0 aliphatic rings. The van der Waals surface area contributed by atoms with Gasteiger partial charge in [-0.1, -0.05) is 0 Å². The highest BCUT2D eigenvalue weighted by Gasteiger charge is 2.07. The van der Waals surface area contributed by atoms with Crippen LogP contribution >= 0.6 is 0 Å². The van der Waals surface area contributed by atoms with Gasteiger partial charge < -0.3 is 4.52 Å². The Morgan fingerprint density at radius 1 is 0.923 bits per heavy atom. The molecule has 0 fully saturated rings. The summed E-state index contributed by atoms with van der Waals surface area (Å²) in [6.07, 6.45) is 0. The Morgan fingerprint density at radius 2 is 1.77 bits per heavy atom. The Labute approximate surface area is 70.7 Å². The number of fused-ring (bicyclic) bond motifs is 3. The fraction of sp³-hybridized carbons (Fsp3) is 0. The first-order chi connectivity index (χ1) is 6.45. The summed E-state index contributed by atoms with van der Waals surface area (Å²) >= 11 is 0. The average Bonchev–Trinajstić information content (AvgIpc) is 2.65. The van der Waals surface area contributed by atoms with Crippen molar-refractivity contribution in [2.24, 2.45) is 0 Å². The number of rotatable bonds is 0. The molecule has 0 radical (unpaired) electrons. The van der Waals surface area contributed by atoms with Gasteiger partial charge in [0.2, 0.25) is 5.58 Å². The number of nitrogens with zero attached hydrogens (tertiary/aromatic N) is 6. The van der Waals surface area contributed by atoms with E-state index < -0.39 is 0 Å². The molecule has 0 bridgehead atoms. The highest BCUT2D eigenvalue weighted by molar-refractivity contribution is 5.97. The van der Waals surface area contributed by atoms with Crippen molar-refractivity contribution < 1.29 is 4.52 Å². The zero-order chi connectivity index (χ0) is 8.67. The molecule has 7 nitrogen and oxygen atoms in total. The van der Waals surface area contributed by atoms with E-state index in [1.807, 2.05) is 0 Å². The normalized spacial score (nSPS) is 11.1. The van der Waals surface area contributed by atoms with Gasteiger partial charge in [-0.25, -0.2) is 0 Å². The van der Waals surface area contributed by atoms with E-state index in [2.05, 4.69) is 31.0 Å². The van der Waals surface area contributed by atoms with Crippen molar-refractivity contribution >= 4 is 22.1 Å². The van der Waals surface area contributed by atoms with Gasteiger partial charge in [0.15, 0.2) is 5.52 Å². The summed E-state index contributed by atoms with van der Waals surface area (Å²) in [4.78, 5) is 0. The fourth-order valence-electron chi connectivity index (χ4n) is 1.13. The Balaban J connectivity index is 2.65. The van der Waals surface area contributed by atoms with E-state index in [0.717, 1.165) is 0 Å². The lowest BCUT2D eigenvalue weighted by Crippen LogP contribution is -1.92. The first-order valence-electron chi connectivity index (χ1n) is 3.52. The second-order valence-corrected chi connectivity index (χ2v) is 2.43. The Kier molecular flexibility index (Phi) is 1.05. The van der Waals surface area contributed by atoms with Crippen LogP contribution in [0.5, 0.6) is 0 Å². The van der Waals surface area contributed by atoms with Gasteiger partial charge >= 0.3 is 0 Å². The van der Waals surface area contributed by atoms with E-state index in [0.29, 0.717) is 22.1 Å². The average molecular weight is 174 g/mol. The van der Waals surface area contributed by atoms with Crippen LogP contribution in [-0.2, 0) is 0 Å². The quantitative estimate of drug-likeness (QED) is 0.472. The van der Waals surface area contributed by atoms with Gasteiger partial charge in [-0.2, -0.15) is 0 Å². The van der Waals surface area contributed by atoms with Gasteiger partial charge in [-0.15, -0.1) is 15.3 Å². The largest absolute Gasteiger partial charge is 0.334 e. The van der Waals surface area contributed by atoms with Gasteiger partial charge in [-0.3, -0.25) is 0 Å². The zero-order valence-corrected chi connectivity index (χ0v) is 6.25. The zero-order valence-electron chi connectivity index (χ0n) is 6.25. The highest BCUT2D eigenvalue weighted by atomic mass is 16.5. The van der Waals surface area contributed by atoms with Crippen LogP contribution in [0.25, 0.3) is 22.1 Å². The summed E-state index contributed by atoms with van der Waals surface area (Å²) < 4.78 is 4.90. The maximum absolute atomic E-state index is 4.90. The second-order valence-electron chi connectivity index (χ2n) is 2.43. The summed E-state index contributed by atoms with van der Waals surface area (Å²) in [6.45, 7) is 0. The third-order valence-electron chi connectivity index (χ3n) is 1.71. The molecule has 0 atom stereocenters. The van der Waals surface area contributed by atoms with Gasteiger partial charge in [0.1, 0.15) is 11.0 Å². The molecule has 0 aliphatic heterocycles. The van der Waals surface area contributed by atoms with Crippen LogP contribution in [0, 0.1) is 0 Å². The minimum atomic E-state index is 0.486. The Hall–Kier alpha value is -2.18. The van der Waals surface area contributed by atoms with Gasteiger partial charge in [-0.05, 0) is 22.6 Å². The standard InChI is InChI=1S/C6H2N6O/c1-2-4-6(13-12-8-4)5-3(1)7-10-11-9-5/h1-2H. The molecular weight excluding hydrogens is 172 g/mol. The van der Waals surface area contributed by atoms with Gasteiger partial charge in [0.25, 0.3) is 0 Å². The van der Waals surface area contributed by atoms with Crippen LogP contribution in [0.2, 0.25) is 0 Å². The molecule has 13 heavy (non-hydrogen) atoms.